The van der Waals surface area contributed by atoms with E-state index in [0.717, 1.165) is 45.3 Å². The number of hydrogen-bond donors (Lipinski definition) is 1. The fraction of sp³-hybridized carbons (Fsp3) is 0.632. The summed E-state index contributed by atoms with van der Waals surface area (Å²) >= 11 is 0. The topological polar surface area (TPSA) is 32.3 Å². The number of carbonyl (C=O) groups is 1. The first-order chi connectivity index (χ1) is 10.7. The van der Waals surface area contributed by atoms with Crippen LogP contribution in [0.25, 0.3) is 0 Å². The van der Waals surface area contributed by atoms with Crippen molar-refractivity contribution in [3.8, 4) is 0 Å². The van der Waals surface area contributed by atoms with Crippen LogP contribution in [-0.4, -0.2) is 30.4 Å². The molecule has 2 fully saturated rings. The number of carbonyl (C=O) groups excluding carboxylic acids is 1. The Kier molecular flexibility index (Phi) is 4.82. The normalized spacial score (nSPS) is 26.0. The van der Waals surface area contributed by atoms with Gasteiger partial charge >= 0.3 is 0 Å². The lowest BCUT2D eigenvalue weighted by Crippen LogP contribution is -2.46. The highest BCUT2D eigenvalue weighted by molar-refractivity contribution is 5.80. The van der Waals surface area contributed by atoms with Crippen molar-refractivity contribution < 1.29 is 4.79 Å². The SMILES string of the molecule is Cc1cccc(C2CCCCN2C(=O)C2CCCNC2)c1C. The van der Waals surface area contributed by atoms with Gasteiger partial charge < -0.3 is 10.2 Å². The highest BCUT2D eigenvalue weighted by Crippen LogP contribution is 2.35. The molecule has 2 unspecified atom stereocenters. The number of amides is 1. The zero-order valence-electron chi connectivity index (χ0n) is 13.9. The molecule has 1 aromatic rings. The lowest BCUT2D eigenvalue weighted by molar-refractivity contribution is -0.140. The third kappa shape index (κ3) is 3.05. The summed E-state index contributed by atoms with van der Waals surface area (Å²) in [4.78, 5) is 15.2. The van der Waals surface area contributed by atoms with Crippen molar-refractivity contribution in [2.45, 2.75) is 52.0 Å². The molecule has 3 rings (SSSR count). The predicted octanol–water partition coefficient (Wildman–Crippen LogP) is 3.36. The molecule has 2 heterocycles. The van der Waals surface area contributed by atoms with Crippen molar-refractivity contribution in [3.63, 3.8) is 0 Å². The minimum Gasteiger partial charge on any atom is -0.335 e. The maximum Gasteiger partial charge on any atom is 0.227 e. The molecule has 3 heteroatoms. The fourth-order valence-corrected chi connectivity index (χ4v) is 3.95. The van der Waals surface area contributed by atoms with E-state index < -0.39 is 0 Å². The van der Waals surface area contributed by atoms with Gasteiger partial charge in [0.25, 0.3) is 0 Å². The van der Waals surface area contributed by atoms with E-state index in [2.05, 4.69) is 42.3 Å². The number of nitrogens with one attached hydrogen (secondary N) is 1. The molecular formula is C19H28N2O. The van der Waals surface area contributed by atoms with Crippen LogP contribution in [0, 0.1) is 19.8 Å². The van der Waals surface area contributed by atoms with Crippen LogP contribution in [-0.2, 0) is 4.79 Å². The number of likely N-dealkylation sites (tertiary alicyclic amines) is 1. The fourth-order valence-electron chi connectivity index (χ4n) is 3.95. The first kappa shape index (κ1) is 15.5. The average molecular weight is 300 g/mol. The Bertz CT molecular complexity index is 534. The lowest BCUT2D eigenvalue weighted by Gasteiger charge is -2.39. The van der Waals surface area contributed by atoms with Gasteiger partial charge in [-0.3, -0.25) is 4.79 Å². The Hall–Kier alpha value is -1.35. The molecule has 0 saturated carbocycles. The summed E-state index contributed by atoms with van der Waals surface area (Å²) in [5, 5.41) is 3.38. The van der Waals surface area contributed by atoms with E-state index in [-0.39, 0.29) is 12.0 Å². The average Bonchev–Trinajstić information content (AvgIpc) is 2.57. The standard InChI is InChI=1S/C19H28N2O/c1-14-7-5-9-17(15(14)2)18-10-3-4-12-21(18)19(22)16-8-6-11-20-13-16/h5,7,9,16,18,20H,3-4,6,8,10-13H2,1-2H3. The first-order valence-corrected chi connectivity index (χ1v) is 8.76. The van der Waals surface area contributed by atoms with Crippen molar-refractivity contribution in [1.29, 1.82) is 0 Å². The lowest BCUT2D eigenvalue weighted by atomic mass is 9.88. The van der Waals surface area contributed by atoms with Crippen LogP contribution in [0.15, 0.2) is 18.2 Å². The Morgan fingerprint density at radius 2 is 2.05 bits per heavy atom. The smallest absolute Gasteiger partial charge is 0.227 e. The molecule has 22 heavy (non-hydrogen) atoms. The maximum absolute atomic E-state index is 13.0. The third-order valence-electron chi connectivity index (χ3n) is 5.44. The molecule has 0 spiro atoms. The maximum atomic E-state index is 13.0. The molecule has 0 aliphatic carbocycles. The van der Waals surface area contributed by atoms with Crippen molar-refractivity contribution in [2.24, 2.45) is 5.92 Å². The van der Waals surface area contributed by atoms with Gasteiger partial charge in [0.1, 0.15) is 0 Å². The summed E-state index contributed by atoms with van der Waals surface area (Å²) in [5.41, 5.74) is 4.04. The van der Waals surface area contributed by atoms with Crippen LogP contribution in [0.1, 0.15) is 54.8 Å². The Morgan fingerprint density at radius 3 is 2.82 bits per heavy atom. The van der Waals surface area contributed by atoms with Crippen LogP contribution in [0.4, 0.5) is 0 Å². The number of aryl methyl sites for hydroxylation is 1. The van der Waals surface area contributed by atoms with Crippen LogP contribution in [0.3, 0.4) is 0 Å². The molecular weight excluding hydrogens is 272 g/mol. The number of piperidine rings is 2. The zero-order valence-corrected chi connectivity index (χ0v) is 13.9. The van der Waals surface area contributed by atoms with Gasteiger partial charge in [0.2, 0.25) is 5.91 Å². The number of rotatable bonds is 2. The van der Waals surface area contributed by atoms with E-state index in [9.17, 15) is 4.79 Å². The third-order valence-corrected chi connectivity index (χ3v) is 5.44. The van der Waals surface area contributed by atoms with Gasteiger partial charge in [0.05, 0.1) is 12.0 Å². The molecule has 1 amide bonds. The Balaban J connectivity index is 1.84. The molecule has 2 atom stereocenters. The molecule has 1 N–H and O–H groups in total. The van der Waals surface area contributed by atoms with Gasteiger partial charge in [-0.1, -0.05) is 18.2 Å². The molecule has 2 saturated heterocycles. The van der Waals surface area contributed by atoms with Crippen LogP contribution >= 0.6 is 0 Å². The van der Waals surface area contributed by atoms with Gasteiger partial charge in [-0.05, 0) is 69.2 Å². The van der Waals surface area contributed by atoms with Crippen molar-refractivity contribution in [2.75, 3.05) is 19.6 Å². The quantitative estimate of drug-likeness (QED) is 0.908. The second-order valence-corrected chi connectivity index (χ2v) is 6.88. The van der Waals surface area contributed by atoms with E-state index in [1.54, 1.807) is 0 Å². The number of benzene rings is 1. The molecule has 0 aromatic heterocycles. The number of nitrogens with zero attached hydrogens (tertiary/aromatic N) is 1. The van der Waals surface area contributed by atoms with E-state index in [0.29, 0.717) is 5.91 Å². The van der Waals surface area contributed by atoms with Crippen LogP contribution in [0.2, 0.25) is 0 Å². The zero-order chi connectivity index (χ0) is 15.5. The summed E-state index contributed by atoms with van der Waals surface area (Å²) in [6.45, 7) is 7.20. The van der Waals surface area contributed by atoms with Gasteiger partial charge in [-0.2, -0.15) is 0 Å². The van der Waals surface area contributed by atoms with E-state index >= 15 is 0 Å². The van der Waals surface area contributed by atoms with Crippen LogP contribution in [0.5, 0.6) is 0 Å². The predicted molar refractivity (Wildman–Crippen MR) is 89.8 cm³/mol. The van der Waals surface area contributed by atoms with Crippen LogP contribution < -0.4 is 5.32 Å². The summed E-state index contributed by atoms with van der Waals surface area (Å²) in [6.07, 6.45) is 5.65. The molecule has 0 bridgehead atoms. The molecule has 2 aliphatic heterocycles. The van der Waals surface area contributed by atoms with E-state index in [1.807, 2.05) is 0 Å². The number of hydrogen-bond acceptors (Lipinski definition) is 2. The Labute approximate surface area is 134 Å². The van der Waals surface area contributed by atoms with Gasteiger partial charge in [0, 0.05) is 13.1 Å². The summed E-state index contributed by atoms with van der Waals surface area (Å²) < 4.78 is 0. The summed E-state index contributed by atoms with van der Waals surface area (Å²) in [5.74, 6) is 0.553. The largest absolute Gasteiger partial charge is 0.335 e. The molecule has 1 aromatic carbocycles. The minimum atomic E-state index is 0.180. The van der Waals surface area contributed by atoms with Gasteiger partial charge in [-0.25, -0.2) is 0 Å². The molecule has 3 nitrogen and oxygen atoms in total. The Morgan fingerprint density at radius 1 is 1.18 bits per heavy atom. The molecule has 0 radical (unpaired) electrons. The minimum absolute atomic E-state index is 0.180. The van der Waals surface area contributed by atoms with Crippen molar-refractivity contribution in [1.82, 2.24) is 10.2 Å². The van der Waals surface area contributed by atoms with E-state index in [1.165, 1.54) is 23.1 Å². The van der Waals surface area contributed by atoms with Crippen molar-refractivity contribution >= 4 is 5.91 Å². The molecule has 2 aliphatic rings. The van der Waals surface area contributed by atoms with E-state index in [4.69, 9.17) is 0 Å². The van der Waals surface area contributed by atoms with Gasteiger partial charge in [0.15, 0.2) is 0 Å². The summed E-state index contributed by atoms with van der Waals surface area (Å²) in [7, 11) is 0. The highest BCUT2D eigenvalue weighted by Gasteiger charge is 2.33. The summed E-state index contributed by atoms with van der Waals surface area (Å²) in [6, 6.07) is 6.80. The second kappa shape index (κ2) is 6.82. The highest BCUT2D eigenvalue weighted by atomic mass is 16.2. The van der Waals surface area contributed by atoms with Gasteiger partial charge in [-0.15, -0.1) is 0 Å². The first-order valence-electron chi connectivity index (χ1n) is 8.76. The van der Waals surface area contributed by atoms with Crippen molar-refractivity contribution in [3.05, 3.63) is 34.9 Å². The monoisotopic (exact) mass is 300 g/mol. The second-order valence-electron chi connectivity index (χ2n) is 6.88. The molecule has 120 valence electrons.